The van der Waals surface area contributed by atoms with Gasteiger partial charge in [0.05, 0.1) is 12.5 Å². The van der Waals surface area contributed by atoms with E-state index in [4.69, 9.17) is 0 Å². The van der Waals surface area contributed by atoms with Gasteiger partial charge in [-0.15, -0.1) is 0 Å². The van der Waals surface area contributed by atoms with Crippen molar-refractivity contribution in [1.82, 2.24) is 5.32 Å². The largest absolute Gasteiger partial charge is 0.315 e. The molecule has 0 bridgehead atoms. The van der Waals surface area contributed by atoms with Gasteiger partial charge < -0.3 is 10.2 Å². The Morgan fingerprint density at radius 2 is 1.90 bits per heavy atom. The van der Waals surface area contributed by atoms with Crippen molar-refractivity contribution in [3.05, 3.63) is 64.7 Å². The molecule has 1 amide bonds. The molecule has 1 aliphatic heterocycles. The van der Waals surface area contributed by atoms with Crippen LogP contribution in [0.2, 0.25) is 0 Å². The van der Waals surface area contributed by atoms with Crippen molar-refractivity contribution in [1.29, 1.82) is 0 Å². The summed E-state index contributed by atoms with van der Waals surface area (Å²) in [5.41, 5.74) is 5.85. The summed E-state index contributed by atoms with van der Waals surface area (Å²) in [5, 5.41) is 3.38. The summed E-state index contributed by atoms with van der Waals surface area (Å²) >= 11 is 0. The van der Waals surface area contributed by atoms with E-state index < -0.39 is 0 Å². The van der Waals surface area contributed by atoms with Gasteiger partial charge in [0.25, 0.3) is 0 Å². The van der Waals surface area contributed by atoms with Gasteiger partial charge in [0.2, 0.25) is 5.91 Å². The van der Waals surface area contributed by atoms with Gasteiger partial charge in [-0.2, -0.15) is 0 Å². The molecular weight excluding hydrogens is 260 g/mol. The highest BCUT2D eigenvalue weighted by molar-refractivity contribution is 6.00. The first-order chi connectivity index (χ1) is 10.1. The van der Waals surface area contributed by atoms with E-state index in [9.17, 15) is 4.79 Å². The van der Waals surface area contributed by atoms with Gasteiger partial charge in [-0.25, -0.2) is 0 Å². The van der Waals surface area contributed by atoms with Crippen LogP contribution in [0.3, 0.4) is 0 Å². The van der Waals surface area contributed by atoms with Gasteiger partial charge in [-0.1, -0.05) is 42.0 Å². The third-order valence-corrected chi connectivity index (χ3v) is 4.18. The Hall–Kier alpha value is -2.13. The first-order valence-electron chi connectivity index (χ1n) is 7.23. The van der Waals surface area contributed by atoms with Crippen LogP contribution >= 0.6 is 0 Å². The van der Waals surface area contributed by atoms with Crippen LogP contribution in [0.15, 0.2) is 42.5 Å². The summed E-state index contributed by atoms with van der Waals surface area (Å²) in [6.07, 6.45) is 0.504. The van der Waals surface area contributed by atoms with Gasteiger partial charge in [0, 0.05) is 12.7 Å². The molecular formula is C18H20N2O. The molecule has 2 aromatic rings. The fraction of sp³-hybridized carbons (Fsp3) is 0.278. The van der Waals surface area contributed by atoms with Crippen LogP contribution in [0, 0.1) is 6.92 Å². The predicted octanol–water partition coefficient (Wildman–Crippen LogP) is 2.82. The van der Waals surface area contributed by atoms with Gasteiger partial charge in [-0.05, 0) is 36.7 Å². The van der Waals surface area contributed by atoms with Crippen molar-refractivity contribution >= 4 is 11.6 Å². The maximum Gasteiger partial charge on any atom is 0.231 e. The highest BCUT2D eigenvalue weighted by Gasteiger charge is 2.25. The fourth-order valence-corrected chi connectivity index (χ4v) is 3.05. The minimum Gasteiger partial charge on any atom is -0.315 e. The molecule has 0 aromatic heterocycles. The normalized spacial score (nSPS) is 15.2. The van der Waals surface area contributed by atoms with Gasteiger partial charge in [0.1, 0.15) is 0 Å². The number of amides is 1. The number of likely N-dealkylation sites (N-methyl/N-ethyl adjacent to an activating group) is 1. The standard InChI is InChI=1S/C18H20N2O/c1-12-5-4-6-13(9-12)18(19-2)14-7-8-16-15(10-14)11-17(21)20(16)3/h4-10,18-19H,11H2,1-3H3. The maximum absolute atomic E-state index is 11.8. The van der Waals surface area contributed by atoms with Crippen molar-refractivity contribution in [2.45, 2.75) is 19.4 Å². The summed E-state index contributed by atoms with van der Waals surface area (Å²) in [7, 11) is 3.81. The third-order valence-electron chi connectivity index (χ3n) is 4.18. The van der Waals surface area contributed by atoms with E-state index in [0.717, 1.165) is 11.3 Å². The molecule has 3 rings (SSSR count). The van der Waals surface area contributed by atoms with Crippen LogP contribution in [-0.4, -0.2) is 20.0 Å². The van der Waals surface area contributed by atoms with Crippen LogP contribution in [0.5, 0.6) is 0 Å². The third kappa shape index (κ3) is 2.45. The highest BCUT2D eigenvalue weighted by atomic mass is 16.2. The summed E-state index contributed by atoms with van der Waals surface area (Å²) < 4.78 is 0. The number of anilines is 1. The second-order valence-electron chi connectivity index (χ2n) is 5.65. The quantitative estimate of drug-likeness (QED) is 0.937. The van der Waals surface area contributed by atoms with E-state index in [1.54, 1.807) is 4.90 Å². The minimum atomic E-state index is 0.149. The van der Waals surface area contributed by atoms with Crippen molar-refractivity contribution in [3.8, 4) is 0 Å². The van der Waals surface area contributed by atoms with E-state index in [-0.39, 0.29) is 11.9 Å². The Labute approximate surface area is 125 Å². The molecule has 1 atom stereocenters. The van der Waals surface area contributed by atoms with Crippen molar-refractivity contribution in [2.24, 2.45) is 0 Å². The number of carbonyl (C=O) groups is 1. The number of fused-ring (bicyclic) bond motifs is 1. The first-order valence-corrected chi connectivity index (χ1v) is 7.23. The zero-order valence-corrected chi connectivity index (χ0v) is 12.7. The molecule has 1 N–H and O–H groups in total. The molecule has 1 heterocycles. The minimum absolute atomic E-state index is 0.149. The average molecular weight is 280 g/mol. The molecule has 0 saturated heterocycles. The average Bonchev–Trinajstić information content (AvgIpc) is 2.75. The number of benzene rings is 2. The van der Waals surface area contributed by atoms with Gasteiger partial charge >= 0.3 is 0 Å². The lowest BCUT2D eigenvalue weighted by atomic mass is 9.95. The summed E-state index contributed by atoms with van der Waals surface area (Å²) in [5.74, 6) is 0.165. The van der Waals surface area contributed by atoms with E-state index in [2.05, 4.69) is 54.7 Å². The smallest absolute Gasteiger partial charge is 0.231 e. The lowest BCUT2D eigenvalue weighted by molar-refractivity contribution is -0.117. The fourth-order valence-electron chi connectivity index (χ4n) is 3.05. The van der Waals surface area contributed by atoms with Gasteiger partial charge in [-0.3, -0.25) is 4.79 Å². The Morgan fingerprint density at radius 3 is 2.62 bits per heavy atom. The lowest BCUT2D eigenvalue weighted by Crippen LogP contribution is -2.20. The molecule has 0 aliphatic carbocycles. The van der Waals surface area contributed by atoms with Gasteiger partial charge in [0.15, 0.2) is 0 Å². The number of nitrogens with one attached hydrogen (secondary N) is 1. The predicted molar refractivity (Wildman–Crippen MR) is 85.6 cm³/mol. The number of carbonyl (C=O) groups excluding carboxylic acids is 1. The molecule has 1 unspecified atom stereocenters. The Morgan fingerprint density at radius 1 is 1.14 bits per heavy atom. The Kier molecular flexibility index (Phi) is 3.52. The number of nitrogens with zero attached hydrogens (tertiary/aromatic N) is 1. The number of aryl methyl sites for hydroxylation is 1. The molecule has 0 saturated carbocycles. The molecule has 108 valence electrons. The molecule has 1 aliphatic rings. The van der Waals surface area contributed by atoms with Crippen molar-refractivity contribution in [2.75, 3.05) is 19.0 Å². The Bertz CT molecular complexity index is 693. The van der Waals surface area contributed by atoms with E-state index in [1.807, 2.05) is 14.1 Å². The molecule has 0 fully saturated rings. The lowest BCUT2D eigenvalue weighted by Gasteiger charge is -2.19. The van der Waals surface area contributed by atoms with Crippen LogP contribution in [-0.2, 0) is 11.2 Å². The second-order valence-corrected chi connectivity index (χ2v) is 5.65. The number of hydrogen-bond acceptors (Lipinski definition) is 2. The monoisotopic (exact) mass is 280 g/mol. The molecule has 21 heavy (non-hydrogen) atoms. The highest BCUT2D eigenvalue weighted by Crippen LogP contribution is 2.32. The van der Waals surface area contributed by atoms with Crippen LogP contribution in [0.1, 0.15) is 28.3 Å². The van der Waals surface area contributed by atoms with Crippen LogP contribution in [0.4, 0.5) is 5.69 Å². The Balaban J connectivity index is 2.00. The maximum atomic E-state index is 11.8. The second kappa shape index (κ2) is 5.34. The van der Waals surface area contributed by atoms with E-state index in [1.165, 1.54) is 16.7 Å². The van der Waals surface area contributed by atoms with E-state index in [0.29, 0.717) is 6.42 Å². The summed E-state index contributed by atoms with van der Waals surface area (Å²) in [4.78, 5) is 13.5. The molecule has 3 heteroatoms. The summed E-state index contributed by atoms with van der Waals surface area (Å²) in [6, 6.07) is 15.0. The summed E-state index contributed by atoms with van der Waals surface area (Å²) in [6.45, 7) is 2.10. The zero-order valence-electron chi connectivity index (χ0n) is 12.7. The zero-order chi connectivity index (χ0) is 15.0. The number of rotatable bonds is 3. The number of hydrogen-bond donors (Lipinski definition) is 1. The van der Waals surface area contributed by atoms with E-state index >= 15 is 0 Å². The molecule has 0 spiro atoms. The first kappa shape index (κ1) is 13.8. The van der Waals surface area contributed by atoms with Crippen LogP contribution in [0.25, 0.3) is 0 Å². The topological polar surface area (TPSA) is 32.3 Å². The SMILES string of the molecule is CNC(c1cccc(C)c1)c1ccc2c(c1)CC(=O)N2C. The molecule has 3 nitrogen and oxygen atoms in total. The van der Waals surface area contributed by atoms with Crippen LogP contribution < -0.4 is 10.2 Å². The molecule has 2 aromatic carbocycles. The van der Waals surface area contributed by atoms with Crippen molar-refractivity contribution in [3.63, 3.8) is 0 Å². The molecule has 0 radical (unpaired) electrons. The van der Waals surface area contributed by atoms with Crippen molar-refractivity contribution < 1.29 is 4.79 Å².